The highest BCUT2D eigenvalue weighted by Gasteiger charge is 2.14. The standard InChI is InChI=1S/C29H32ClN3O2/c1-29(2,3)21-13-15-22(16-14-21)35-20-8-19-33-26-12-7-6-11-25(26)32-27(33)17-18-31-28(34)23-9-4-5-10-24(23)30/h4-7,9-16H,8,17-20H2,1-3H3,(H,31,34). The molecule has 0 fully saturated rings. The second kappa shape index (κ2) is 11.0. The first-order valence-electron chi connectivity index (χ1n) is 12.0. The molecule has 0 bridgehead atoms. The Morgan fingerprint density at radius 2 is 1.71 bits per heavy atom. The van der Waals surface area contributed by atoms with Gasteiger partial charge in [0.1, 0.15) is 11.6 Å². The Bertz CT molecular complexity index is 1290. The van der Waals surface area contributed by atoms with Crippen molar-refractivity contribution in [1.82, 2.24) is 14.9 Å². The minimum absolute atomic E-state index is 0.129. The molecule has 0 atom stereocenters. The number of para-hydroxylation sites is 2. The zero-order valence-electron chi connectivity index (χ0n) is 20.6. The van der Waals surface area contributed by atoms with Crippen LogP contribution in [-0.4, -0.2) is 28.6 Å². The van der Waals surface area contributed by atoms with Gasteiger partial charge >= 0.3 is 0 Å². The first kappa shape index (κ1) is 24.8. The topological polar surface area (TPSA) is 56.1 Å². The summed E-state index contributed by atoms with van der Waals surface area (Å²) in [7, 11) is 0. The zero-order chi connectivity index (χ0) is 24.8. The summed E-state index contributed by atoms with van der Waals surface area (Å²) in [6.45, 7) is 8.50. The third kappa shape index (κ3) is 6.23. The van der Waals surface area contributed by atoms with E-state index in [-0.39, 0.29) is 11.3 Å². The van der Waals surface area contributed by atoms with Crippen LogP contribution in [0.15, 0.2) is 72.8 Å². The molecule has 6 heteroatoms. The molecule has 1 amide bonds. The Hall–Kier alpha value is -3.31. The number of rotatable bonds is 9. The van der Waals surface area contributed by atoms with Crippen LogP contribution in [0, 0.1) is 0 Å². The minimum Gasteiger partial charge on any atom is -0.494 e. The lowest BCUT2D eigenvalue weighted by atomic mass is 9.87. The van der Waals surface area contributed by atoms with Crippen molar-refractivity contribution < 1.29 is 9.53 Å². The smallest absolute Gasteiger partial charge is 0.252 e. The zero-order valence-corrected chi connectivity index (χ0v) is 21.3. The van der Waals surface area contributed by atoms with Gasteiger partial charge in [0.15, 0.2) is 0 Å². The van der Waals surface area contributed by atoms with E-state index in [0.29, 0.717) is 30.2 Å². The Morgan fingerprint density at radius 1 is 1.00 bits per heavy atom. The summed E-state index contributed by atoms with van der Waals surface area (Å²) < 4.78 is 8.22. The van der Waals surface area contributed by atoms with Gasteiger partial charge in [-0.3, -0.25) is 4.79 Å². The molecule has 1 heterocycles. The largest absolute Gasteiger partial charge is 0.494 e. The molecule has 4 aromatic rings. The van der Waals surface area contributed by atoms with E-state index in [1.54, 1.807) is 18.2 Å². The third-order valence-electron chi connectivity index (χ3n) is 6.00. The summed E-state index contributed by atoms with van der Waals surface area (Å²) in [5.41, 5.74) is 3.95. The number of hydrogen-bond acceptors (Lipinski definition) is 3. The summed E-state index contributed by atoms with van der Waals surface area (Å²) >= 11 is 6.15. The van der Waals surface area contributed by atoms with Crippen LogP contribution in [0.25, 0.3) is 11.0 Å². The normalized spacial score (nSPS) is 11.5. The number of ether oxygens (including phenoxy) is 1. The monoisotopic (exact) mass is 489 g/mol. The highest BCUT2D eigenvalue weighted by molar-refractivity contribution is 6.33. The molecule has 1 N–H and O–H groups in total. The molecular formula is C29H32ClN3O2. The van der Waals surface area contributed by atoms with Crippen molar-refractivity contribution in [3.63, 3.8) is 0 Å². The van der Waals surface area contributed by atoms with E-state index in [2.05, 4.69) is 48.9 Å². The molecule has 4 rings (SSSR count). The first-order chi connectivity index (χ1) is 16.8. The number of nitrogens with one attached hydrogen (secondary N) is 1. The number of aromatic nitrogens is 2. The number of hydrogen-bond donors (Lipinski definition) is 1. The van der Waals surface area contributed by atoms with Gasteiger partial charge < -0.3 is 14.6 Å². The summed E-state index contributed by atoms with van der Waals surface area (Å²) in [6.07, 6.45) is 1.47. The van der Waals surface area contributed by atoms with Crippen LogP contribution in [-0.2, 0) is 18.4 Å². The number of carbonyl (C=O) groups excluding carboxylic acids is 1. The van der Waals surface area contributed by atoms with Crippen molar-refractivity contribution in [2.45, 2.75) is 45.6 Å². The maximum absolute atomic E-state index is 12.5. The Kier molecular flexibility index (Phi) is 7.76. The van der Waals surface area contributed by atoms with Crippen molar-refractivity contribution in [1.29, 1.82) is 0 Å². The highest BCUT2D eigenvalue weighted by Crippen LogP contribution is 2.24. The van der Waals surface area contributed by atoms with E-state index < -0.39 is 0 Å². The van der Waals surface area contributed by atoms with Gasteiger partial charge in [-0.1, -0.05) is 68.8 Å². The molecule has 0 unspecified atom stereocenters. The van der Waals surface area contributed by atoms with Gasteiger partial charge in [-0.25, -0.2) is 4.98 Å². The molecule has 0 aliphatic carbocycles. The summed E-state index contributed by atoms with van der Waals surface area (Å²) in [5.74, 6) is 1.65. The molecular weight excluding hydrogens is 458 g/mol. The van der Waals surface area contributed by atoms with E-state index in [4.69, 9.17) is 21.3 Å². The van der Waals surface area contributed by atoms with Gasteiger partial charge in [0, 0.05) is 19.5 Å². The molecule has 0 saturated heterocycles. The second-order valence-electron chi connectivity index (χ2n) is 9.63. The Labute approximate surface area is 212 Å². The minimum atomic E-state index is -0.177. The quantitative estimate of drug-likeness (QED) is 0.276. The van der Waals surface area contributed by atoms with E-state index >= 15 is 0 Å². The average molecular weight is 490 g/mol. The van der Waals surface area contributed by atoms with Crippen LogP contribution in [0.2, 0.25) is 5.02 Å². The SMILES string of the molecule is CC(C)(C)c1ccc(OCCCn2c(CCNC(=O)c3ccccc3Cl)nc3ccccc32)cc1. The number of nitrogens with zero attached hydrogens (tertiary/aromatic N) is 2. The lowest BCUT2D eigenvalue weighted by Gasteiger charge is -2.19. The van der Waals surface area contributed by atoms with E-state index in [0.717, 1.165) is 35.6 Å². The lowest BCUT2D eigenvalue weighted by molar-refractivity contribution is 0.0954. The number of imidazole rings is 1. The number of amides is 1. The first-order valence-corrected chi connectivity index (χ1v) is 12.4. The second-order valence-corrected chi connectivity index (χ2v) is 10.0. The van der Waals surface area contributed by atoms with Crippen molar-refractivity contribution in [3.05, 3.63) is 94.8 Å². The highest BCUT2D eigenvalue weighted by atomic mass is 35.5. The Balaban J connectivity index is 1.36. The number of carbonyl (C=O) groups is 1. The van der Waals surface area contributed by atoms with Crippen LogP contribution >= 0.6 is 11.6 Å². The van der Waals surface area contributed by atoms with Crippen molar-refractivity contribution >= 4 is 28.5 Å². The average Bonchev–Trinajstić information content (AvgIpc) is 3.19. The summed E-state index contributed by atoms with van der Waals surface area (Å²) in [5, 5.41) is 3.41. The number of halogens is 1. The van der Waals surface area contributed by atoms with Crippen LogP contribution in [0.1, 0.15) is 48.9 Å². The van der Waals surface area contributed by atoms with Crippen LogP contribution in [0.4, 0.5) is 0 Å². The van der Waals surface area contributed by atoms with E-state index in [1.165, 1.54) is 5.56 Å². The van der Waals surface area contributed by atoms with Crippen LogP contribution in [0.5, 0.6) is 5.75 Å². The van der Waals surface area contributed by atoms with Crippen LogP contribution in [0.3, 0.4) is 0 Å². The lowest BCUT2D eigenvalue weighted by Crippen LogP contribution is -2.26. The van der Waals surface area contributed by atoms with E-state index in [9.17, 15) is 4.79 Å². The summed E-state index contributed by atoms with van der Waals surface area (Å²) in [4.78, 5) is 17.3. The van der Waals surface area contributed by atoms with Gasteiger partial charge in [-0.2, -0.15) is 0 Å². The fourth-order valence-electron chi connectivity index (χ4n) is 4.06. The molecule has 1 aromatic heterocycles. The predicted octanol–water partition coefficient (Wildman–Crippen LogP) is 6.43. The maximum atomic E-state index is 12.5. The van der Waals surface area contributed by atoms with Gasteiger partial charge in [-0.15, -0.1) is 0 Å². The van der Waals surface area contributed by atoms with Gasteiger partial charge in [0.2, 0.25) is 0 Å². The van der Waals surface area contributed by atoms with Crippen LogP contribution < -0.4 is 10.1 Å². The number of aryl methyl sites for hydroxylation is 1. The van der Waals surface area contributed by atoms with Crippen molar-refractivity contribution in [3.8, 4) is 5.75 Å². The van der Waals surface area contributed by atoms with Gasteiger partial charge in [-0.05, 0) is 53.8 Å². The molecule has 35 heavy (non-hydrogen) atoms. The predicted molar refractivity (Wildman–Crippen MR) is 142 cm³/mol. The summed E-state index contributed by atoms with van der Waals surface area (Å²) in [6, 6.07) is 23.5. The molecule has 3 aromatic carbocycles. The fraction of sp³-hybridized carbons (Fsp3) is 0.310. The Morgan fingerprint density at radius 3 is 2.46 bits per heavy atom. The third-order valence-corrected chi connectivity index (χ3v) is 6.33. The van der Waals surface area contributed by atoms with Crippen molar-refractivity contribution in [2.24, 2.45) is 0 Å². The molecule has 182 valence electrons. The molecule has 0 spiro atoms. The number of benzene rings is 3. The number of fused-ring (bicyclic) bond motifs is 1. The molecule has 0 saturated carbocycles. The molecule has 0 radical (unpaired) electrons. The fourth-order valence-corrected chi connectivity index (χ4v) is 4.28. The van der Waals surface area contributed by atoms with E-state index in [1.807, 2.05) is 36.4 Å². The van der Waals surface area contributed by atoms with Crippen molar-refractivity contribution in [2.75, 3.05) is 13.2 Å². The molecule has 0 aliphatic rings. The molecule has 0 aliphatic heterocycles. The van der Waals surface area contributed by atoms with Gasteiger partial charge in [0.05, 0.1) is 28.2 Å². The maximum Gasteiger partial charge on any atom is 0.252 e. The molecule has 5 nitrogen and oxygen atoms in total. The van der Waals surface area contributed by atoms with Gasteiger partial charge in [0.25, 0.3) is 5.91 Å².